The lowest BCUT2D eigenvalue weighted by molar-refractivity contribution is -0.129. The van der Waals surface area contributed by atoms with Crippen LogP contribution in [0.3, 0.4) is 0 Å². The van der Waals surface area contributed by atoms with Crippen molar-refractivity contribution in [1.29, 1.82) is 5.26 Å². The minimum absolute atomic E-state index is 0.137. The van der Waals surface area contributed by atoms with Crippen LogP contribution in [0, 0.1) is 11.3 Å². The standard InChI is InChI=1S/C37H46Cl2N8O6/c1-37(2,46-12-10-44(11-13-46)25-21-52-22-25)18-24(19-40)34(48)45-8-6-26(7-9-45)53-15-14-47-33-23(20-42-36(41-3)43-33)16-27(35(47)49)30-31(38)28(50-4)17-29(51-5)32(30)39/h16-18,20,25-26H,6-15,21-22H2,1-5H3,(H,41,42,43). The average Bonchev–Trinajstić information content (AvgIpc) is 3.14. The number of aromatic nitrogens is 3. The molecule has 3 aliphatic heterocycles. The molecule has 284 valence electrons. The van der Waals surface area contributed by atoms with Crippen LogP contribution in [0.2, 0.25) is 10.0 Å². The zero-order valence-electron chi connectivity index (χ0n) is 30.8. The van der Waals surface area contributed by atoms with E-state index in [4.69, 9.17) is 42.1 Å². The number of likely N-dealkylation sites (tertiary alicyclic amines) is 1. The summed E-state index contributed by atoms with van der Waals surface area (Å²) >= 11 is 13.4. The normalized spacial score (nSPS) is 18.2. The van der Waals surface area contributed by atoms with Gasteiger partial charge in [-0.15, -0.1) is 0 Å². The molecule has 3 fully saturated rings. The molecule has 3 aliphatic rings. The number of piperazine rings is 1. The molecule has 3 saturated heterocycles. The highest BCUT2D eigenvalue weighted by Gasteiger charge is 2.35. The summed E-state index contributed by atoms with van der Waals surface area (Å²) in [5.41, 5.74) is 0.253. The predicted octanol–water partition coefficient (Wildman–Crippen LogP) is 4.08. The minimum atomic E-state index is -0.446. The number of nitriles is 1. The number of fused-ring (bicyclic) bond motifs is 1. The van der Waals surface area contributed by atoms with E-state index in [0.29, 0.717) is 60.5 Å². The van der Waals surface area contributed by atoms with Crippen LogP contribution >= 0.6 is 23.2 Å². The zero-order chi connectivity index (χ0) is 37.9. The summed E-state index contributed by atoms with van der Waals surface area (Å²) in [5.74, 6) is 0.704. The zero-order valence-corrected chi connectivity index (χ0v) is 32.3. The molecular formula is C37H46Cl2N8O6. The lowest BCUT2D eigenvalue weighted by Crippen LogP contribution is -2.59. The Morgan fingerprint density at radius 3 is 2.30 bits per heavy atom. The van der Waals surface area contributed by atoms with Gasteiger partial charge in [0.2, 0.25) is 5.95 Å². The second kappa shape index (κ2) is 16.6. The molecule has 0 unspecified atom stereocenters. The number of pyridine rings is 1. The molecule has 0 radical (unpaired) electrons. The first-order chi connectivity index (χ1) is 25.5. The van der Waals surface area contributed by atoms with Crippen molar-refractivity contribution < 1.29 is 23.7 Å². The third kappa shape index (κ3) is 8.11. The van der Waals surface area contributed by atoms with Crippen LogP contribution in [-0.2, 0) is 20.8 Å². The van der Waals surface area contributed by atoms with Crippen LogP contribution in [0.4, 0.5) is 5.95 Å². The van der Waals surface area contributed by atoms with Gasteiger partial charge in [-0.05, 0) is 38.8 Å². The van der Waals surface area contributed by atoms with Gasteiger partial charge in [-0.2, -0.15) is 10.2 Å². The van der Waals surface area contributed by atoms with Crippen LogP contribution in [0.5, 0.6) is 11.5 Å². The molecule has 0 atom stereocenters. The smallest absolute Gasteiger partial charge is 0.264 e. The molecule has 1 aromatic carbocycles. The van der Waals surface area contributed by atoms with E-state index in [0.717, 1.165) is 39.4 Å². The number of hydrogen-bond donors (Lipinski definition) is 1. The number of halogens is 2. The van der Waals surface area contributed by atoms with Crippen LogP contribution < -0.4 is 20.3 Å². The molecule has 3 aromatic rings. The quantitative estimate of drug-likeness (QED) is 0.209. The fourth-order valence-electron chi connectivity index (χ4n) is 7.18. The molecule has 16 heteroatoms. The van der Waals surface area contributed by atoms with E-state index in [9.17, 15) is 14.9 Å². The van der Waals surface area contributed by atoms with Crippen LogP contribution in [-0.4, -0.2) is 133 Å². The second-order valence-electron chi connectivity index (χ2n) is 13.9. The third-order valence-electron chi connectivity index (χ3n) is 10.4. The molecule has 53 heavy (non-hydrogen) atoms. The molecule has 2 aromatic heterocycles. The van der Waals surface area contributed by atoms with Crippen molar-refractivity contribution in [2.24, 2.45) is 0 Å². The number of methoxy groups -OCH3 is 2. The summed E-state index contributed by atoms with van der Waals surface area (Å²) in [6, 6.07) is 5.90. The van der Waals surface area contributed by atoms with E-state index in [2.05, 4.69) is 45.0 Å². The number of benzene rings is 1. The molecule has 0 saturated carbocycles. The second-order valence-corrected chi connectivity index (χ2v) is 14.7. The number of amides is 1. The molecule has 0 aliphatic carbocycles. The van der Waals surface area contributed by atoms with Crippen molar-refractivity contribution in [3.05, 3.63) is 50.4 Å². The highest BCUT2D eigenvalue weighted by molar-refractivity contribution is 6.41. The molecule has 0 bridgehead atoms. The Labute approximate surface area is 319 Å². The highest BCUT2D eigenvalue weighted by atomic mass is 35.5. The van der Waals surface area contributed by atoms with Crippen molar-refractivity contribution in [2.45, 2.75) is 50.9 Å². The van der Waals surface area contributed by atoms with Gasteiger partial charge < -0.3 is 29.2 Å². The van der Waals surface area contributed by atoms with E-state index in [1.54, 1.807) is 30.3 Å². The van der Waals surface area contributed by atoms with E-state index in [1.807, 2.05) is 6.08 Å². The van der Waals surface area contributed by atoms with Gasteiger partial charge in [0.05, 0.1) is 68.3 Å². The van der Waals surface area contributed by atoms with Gasteiger partial charge in [0.1, 0.15) is 28.8 Å². The van der Waals surface area contributed by atoms with Gasteiger partial charge in [-0.3, -0.25) is 24.0 Å². The van der Waals surface area contributed by atoms with Crippen molar-refractivity contribution in [3.63, 3.8) is 0 Å². The van der Waals surface area contributed by atoms with E-state index >= 15 is 0 Å². The van der Waals surface area contributed by atoms with Gasteiger partial charge in [0, 0.05) is 75.1 Å². The fraction of sp³-hybridized carbons (Fsp3) is 0.541. The van der Waals surface area contributed by atoms with Gasteiger partial charge >= 0.3 is 0 Å². The maximum absolute atomic E-state index is 14.2. The number of hydrogen-bond acceptors (Lipinski definition) is 12. The number of anilines is 1. The van der Waals surface area contributed by atoms with E-state index in [-0.39, 0.29) is 57.5 Å². The van der Waals surface area contributed by atoms with Crippen LogP contribution in [0.1, 0.15) is 26.7 Å². The largest absolute Gasteiger partial charge is 0.495 e. The lowest BCUT2D eigenvalue weighted by Gasteiger charge is -2.46. The first-order valence-electron chi connectivity index (χ1n) is 17.8. The molecule has 0 spiro atoms. The van der Waals surface area contributed by atoms with E-state index in [1.165, 1.54) is 18.8 Å². The summed E-state index contributed by atoms with van der Waals surface area (Å²) in [4.78, 5) is 43.2. The van der Waals surface area contributed by atoms with E-state index < -0.39 is 5.54 Å². The van der Waals surface area contributed by atoms with Gasteiger partial charge in [0.15, 0.2) is 0 Å². The van der Waals surface area contributed by atoms with Crippen molar-refractivity contribution in [3.8, 4) is 28.7 Å². The summed E-state index contributed by atoms with van der Waals surface area (Å²) in [6.45, 7) is 10.6. The summed E-state index contributed by atoms with van der Waals surface area (Å²) < 4.78 is 24.1. The summed E-state index contributed by atoms with van der Waals surface area (Å²) in [6.07, 6.45) is 4.49. The Kier molecular flexibility index (Phi) is 12.1. The van der Waals surface area contributed by atoms with Gasteiger partial charge in [-0.25, -0.2) is 4.98 Å². The maximum atomic E-state index is 14.2. The number of ether oxygens (including phenoxy) is 4. The Morgan fingerprint density at radius 2 is 1.74 bits per heavy atom. The number of nitrogens with one attached hydrogen (secondary N) is 1. The molecule has 1 N–H and O–H groups in total. The Hall–Kier alpha value is -3.97. The summed E-state index contributed by atoms with van der Waals surface area (Å²) in [7, 11) is 4.64. The Morgan fingerprint density at radius 1 is 1.08 bits per heavy atom. The third-order valence-corrected chi connectivity index (χ3v) is 11.2. The molecule has 5 heterocycles. The molecule has 1 amide bonds. The topological polar surface area (TPSA) is 147 Å². The average molecular weight is 770 g/mol. The summed E-state index contributed by atoms with van der Waals surface area (Å²) in [5, 5.41) is 13.9. The van der Waals surface area contributed by atoms with Gasteiger partial charge in [-0.1, -0.05) is 23.2 Å². The fourth-order valence-corrected chi connectivity index (χ4v) is 7.88. The number of carbonyl (C=O) groups excluding carboxylic acids is 1. The van der Waals surface area contributed by atoms with Crippen molar-refractivity contribution >= 4 is 46.1 Å². The highest BCUT2D eigenvalue weighted by Crippen LogP contribution is 2.45. The Bertz CT molecular complexity index is 1930. The SMILES string of the molecule is CNc1ncc2cc(-c3c(Cl)c(OC)cc(OC)c3Cl)c(=O)n(CCOC3CCN(C(=O)C(C#N)=CC(C)(C)N4CCN(C5COC5)CC4)CC3)c2n1. The Balaban J connectivity index is 1.12. The number of nitrogens with zero attached hydrogens (tertiary/aromatic N) is 7. The predicted molar refractivity (Wildman–Crippen MR) is 203 cm³/mol. The lowest BCUT2D eigenvalue weighted by atomic mass is 9.96. The van der Waals surface area contributed by atoms with Gasteiger partial charge in [0.25, 0.3) is 11.5 Å². The van der Waals surface area contributed by atoms with Crippen molar-refractivity contribution in [1.82, 2.24) is 29.2 Å². The van der Waals surface area contributed by atoms with Crippen molar-refractivity contribution in [2.75, 3.05) is 85.7 Å². The number of piperidine rings is 1. The number of rotatable bonds is 12. The first-order valence-corrected chi connectivity index (χ1v) is 18.5. The first kappa shape index (κ1) is 38.7. The molecular weight excluding hydrogens is 723 g/mol. The van der Waals surface area contributed by atoms with Crippen LogP contribution in [0.15, 0.2) is 34.8 Å². The number of carbonyl (C=O) groups is 1. The minimum Gasteiger partial charge on any atom is -0.495 e. The molecule has 14 nitrogen and oxygen atoms in total. The maximum Gasteiger partial charge on any atom is 0.264 e. The molecule has 6 rings (SSSR count). The van der Waals surface area contributed by atoms with Crippen LogP contribution in [0.25, 0.3) is 22.2 Å². The monoisotopic (exact) mass is 768 g/mol.